The van der Waals surface area contributed by atoms with Crippen molar-refractivity contribution in [2.45, 2.75) is 13.5 Å². The van der Waals surface area contributed by atoms with Gasteiger partial charge in [-0.2, -0.15) is 5.26 Å². The first-order valence-corrected chi connectivity index (χ1v) is 6.07. The van der Waals surface area contributed by atoms with Crippen molar-refractivity contribution in [2.24, 2.45) is 5.73 Å². The summed E-state index contributed by atoms with van der Waals surface area (Å²) in [7, 11) is 0. The van der Waals surface area contributed by atoms with E-state index in [1.54, 1.807) is 19.2 Å². The first-order valence-electron chi connectivity index (χ1n) is 6.07. The third-order valence-corrected chi connectivity index (χ3v) is 2.81. The van der Waals surface area contributed by atoms with Crippen LogP contribution < -0.4 is 10.5 Å². The Labute approximate surface area is 120 Å². The molecule has 0 aliphatic heterocycles. The molecule has 1 aromatic heterocycles. The van der Waals surface area contributed by atoms with Crippen molar-refractivity contribution in [3.63, 3.8) is 0 Å². The van der Waals surface area contributed by atoms with Crippen LogP contribution in [-0.2, 0) is 6.54 Å². The highest BCUT2D eigenvalue weighted by Gasteiger charge is 2.18. The Balaban J connectivity index is 2.40. The fourth-order valence-corrected chi connectivity index (χ4v) is 1.76. The van der Waals surface area contributed by atoms with Gasteiger partial charge < -0.3 is 10.5 Å². The maximum atomic E-state index is 11.0. The Morgan fingerprint density at radius 2 is 2.24 bits per heavy atom. The van der Waals surface area contributed by atoms with E-state index in [0.717, 1.165) is 11.1 Å². The van der Waals surface area contributed by atoms with Gasteiger partial charge >= 0.3 is 5.69 Å². The van der Waals surface area contributed by atoms with Crippen molar-refractivity contribution < 1.29 is 9.66 Å². The van der Waals surface area contributed by atoms with E-state index in [-0.39, 0.29) is 22.9 Å². The predicted molar refractivity (Wildman–Crippen MR) is 74.8 cm³/mol. The molecule has 0 aliphatic rings. The molecule has 0 atom stereocenters. The van der Waals surface area contributed by atoms with Crippen molar-refractivity contribution in [1.82, 2.24) is 4.98 Å². The summed E-state index contributed by atoms with van der Waals surface area (Å²) in [4.78, 5) is 14.5. The van der Waals surface area contributed by atoms with Gasteiger partial charge in [-0.05, 0) is 30.7 Å². The molecule has 1 aromatic carbocycles. The number of nitrogens with zero attached hydrogens (tertiary/aromatic N) is 3. The zero-order valence-electron chi connectivity index (χ0n) is 11.2. The summed E-state index contributed by atoms with van der Waals surface area (Å²) in [6, 6.07) is 7.65. The molecule has 7 heteroatoms. The number of aryl methyl sites for hydroxylation is 1. The zero-order chi connectivity index (χ0) is 15.4. The molecule has 0 bridgehead atoms. The number of hydrogen-bond acceptors (Lipinski definition) is 6. The largest absolute Gasteiger partial charge is 0.432 e. The summed E-state index contributed by atoms with van der Waals surface area (Å²) in [5.41, 5.74) is 6.99. The summed E-state index contributed by atoms with van der Waals surface area (Å²) in [6.45, 7) is 2.13. The summed E-state index contributed by atoms with van der Waals surface area (Å²) >= 11 is 0. The zero-order valence-corrected chi connectivity index (χ0v) is 11.2. The van der Waals surface area contributed by atoms with Crippen molar-refractivity contribution in [3.05, 3.63) is 57.3 Å². The summed E-state index contributed by atoms with van der Waals surface area (Å²) in [5, 5.41) is 19.8. The molecule has 106 valence electrons. The second-order valence-corrected chi connectivity index (χ2v) is 4.32. The van der Waals surface area contributed by atoms with E-state index >= 15 is 0 Å². The van der Waals surface area contributed by atoms with Crippen LogP contribution in [0.1, 0.15) is 16.7 Å². The minimum absolute atomic E-state index is 0.0371. The van der Waals surface area contributed by atoms with Gasteiger partial charge in [0, 0.05) is 24.4 Å². The van der Waals surface area contributed by atoms with Gasteiger partial charge in [-0.1, -0.05) is 0 Å². The number of aromatic nitrogens is 1. The lowest BCUT2D eigenvalue weighted by atomic mass is 10.2. The highest BCUT2D eigenvalue weighted by Crippen LogP contribution is 2.32. The van der Waals surface area contributed by atoms with Crippen LogP contribution in [0.2, 0.25) is 0 Å². The van der Waals surface area contributed by atoms with E-state index in [1.807, 2.05) is 6.07 Å². The molecule has 0 spiro atoms. The Hall–Kier alpha value is -2.98. The number of benzene rings is 1. The Bertz CT molecular complexity index is 737. The van der Waals surface area contributed by atoms with Crippen LogP contribution in [0.3, 0.4) is 0 Å². The van der Waals surface area contributed by atoms with E-state index in [1.165, 1.54) is 18.2 Å². The Kier molecular flexibility index (Phi) is 4.11. The van der Waals surface area contributed by atoms with Gasteiger partial charge in [0.1, 0.15) is 0 Å². The smallest absolute Gasteiger partial charge is 0.312 e. The molecule has 7 nitrogen and oxygen atoms in total. The third kappa shape index (κ3) is 3.13. The van der Waals surface area contributed by atoms with Crippen LogP contribution in [-0.4, -0.2) is 9.91 Å². The van der Waals surface area contributed by atoms with Crippen molar-refractivity contribution in [3.8, 4) is 17.7 Å². The van der Waals surface area contributed by atoms with Crippen molar-refractivity contribution in [2.75, 3.05) is 0 Å². The van der Waals surface area contributed by atoms with Crippen LogP contribution in [0.15, 0.2) is 30.5 Å². The lowest BCUT2D eigenvalue weighted by Gasteiger charge is -2.09. The van der Waals surface area contributed by atoms with Crippen molar-refractivity contribution in [1.29, 1.82) is 5.26 Å². The molecular formula is C14H12N4O3. The van der Waals surface area contributed by atoms with Gasteiger partial charge in [0.2, 0.25) is 11.6 Å². The molecule has 2 rings (SSSR count). The van der Waals surface area contributed by atoms with Crippen LogP contribution in [0.4, 0.5) is 5.69 Å². The summed E-state index contributed by atoms with van der Waals surface area (Å²) < 4.78 is 5.50. The molecule has 0 aliphatic carbocycles. The SMILES string of the molecule is Cc1cc(CN)cnc1Oc1ccc(C#N)cc1[N+](=O)[O-]. The monoisotopic (exact) mass is 284 g/mol. The molecule has 0 fully saturated rings. The lowest BCUT2D eigenvalue weighted by Crippen LogP contribution is -2.00. The average Bonchev–Trinajstić information content (AvgIpc) is 2.49. The molecule has 1 heterocycles. The van der Waals surface area contributed by atoms with Crippen molar-refractivity contribution >= 4 is 5.69 Å². The molecule has 0 saturated heterocycles. The molecule has 0 saturated carbocycles. The van der Waals surface area contributed by atoms with Gasteiger partial charge in [-0.15, -0.1) is 0 Å². The summed E-state index contributed by atoms with van der Waals surface area (Å²) in [6.07, 6.45) is 1.55. The number of hydrogen-bond donors (Lipinski definition) is 1. The molecule has 2 aromatic rings. The fraction of sp³-hybridized carbons (Fsp3) is 0.143. The number of nitro benzene ring substituents is 1. The maximum absolute atomic E-state index is 11.0. The Morgan fingerprint density at radius 1 is 1.48 bits per heavy atom. The van der Waals surface area contributed by atoms with E-state index in [0.29, 0.717) is 6.54 Å². The number of nitriles is 1. The van der Waals surface area contributed by atoms with Gasteiger partial charge in [0.05, 0.1) is 16.6 Å². The number of nitro groups is 1. The average molecular weight is 284 g/mol. The highest BCUT2D eigenvalue weighted by atomic mass is 16.6. The normalized spacial score (nSPS) is 9.95. The highest BCUT2D eigenvalue weighted by molar-refractivity contribution is 5.53. The molecule has 0 radical (unpaired) electrons. The van der Waals surface area contributed by atoms with Crippen LogP contribution in [0.25, 0.3) is 0 Å². The predicted octanol–water partition coefficient (Wildman–Crippen LogP) is 2.42. The molecule has 21 heavy (non-hydrogen) atoms. The van der Waals surface area contributed by atoms with E-state index in [4.69, 9.17) is 15.7 Å². The minimum atomic E-state index is -0.597. The maximum Gasteiger partial charge on any atom is 0.312 e. The first-order chi connectivity index (χ1) is 10.0. The first kappa shape index (κ1) is 14.4. The van der Waals surface area contributed by atoms with Crippen LogP contribution >= 0.6 is 0 Å². The number of pyridine rings is 1. The molecule has 0 amide bonds. The molecule has 2 N–H and O–H groups in total. The quantitative estimate of drug-likeness (QED) is 0.681. The third-order valence-electron chi connectivity index (χ3n) is 2.81. The fourth-order valence-electron chi connectivity index (χ4n) is 1.76. The summed E-state index contributed by atoms with van der Waals surface area (Å²) in [5.74, 6) is 0.301. The topological polar surface area (TPSA) is 115 Å². The van der Waals surface area contributed by atoms with Crippen LogP contribution in [0, 0.1) is 28.4 Å². The number of rotatable bonds is 4. The second-order valence-electron chi connectivity index (χ2n) is 4.32. The van der Waals surface area contributed by atoms with E-state index in [2.05, 4.69) is 4.98 Å². The lowest BCUT2D eigenvalue weighted by molar-refractivity contribution is -0.385. The molecular weight excluding hydrogens is 272 g/mol. The van der Waals surface area contributed by atoms with Gasteiger partial charge in [0.25, 0.3) is 0 Å². The van der Waals surface area contributed by atoms with Gasteiger partial charge in [-0.25, -0.2) is 4.98 Å². The van der Waals surface area contributed by atoms with E-state index in [9.17, 15) is 10.1 Å². The van der Waals surface area contributed by atoms with Gasteiger partial charge in [0.15, 0.2) is 0 Å². The van der Waals surface area contributed by atoms with Crippen LogP contribution in [0.5, 0.6) is 11.6 Å². The number of ether oxygens (including phenoxy) is 1. The Morgan fingerprint density at radius 3 is 2.81 bits per heavy atom. The molecule has 0 unspecified atom stereocenters. The second kappa shape index (κ2) is 5.98. The number of nitrogens with two attached hydrogens (primary N) is 1. The minimum Gasteiger partial charge on any atom is -0.432 e. The van der Waals surface area contributed by atoms with E-state index < -0.39 is 4.92 Å². The standard InChI is InChI=1S/C14H12N4O3/c1-9-4-11(7-16)8-17-14(9)21-13-3-2-10(6-15)5-12(13)18(19)20/h2-5,8H,7,16H2,1H3. The van der Waals surface area contributed by atoms with Gasteiger partial charge in [-0.3, -0.25) is 10.1 Å².